The van der Waals surface area contributed by atoms with E-state index in [9.17, 15) is 8.78 Å². The van der Waals surface area contributed by atoms with Crippen LogP contribution < -0.4 is 11.2 Å². The van der Waals surface area contributed by atoms with Crippen LogP contribution in [0.3, 0.4) is 0 Å². The molecular weight excluding hydrogens is 458 g/mol. The van der Waals surface area contributed by atoms with Gasteiger partial charge in [-0.2, -0.15) is 5.10 Å². The lowest BCUT2D eigenvalue weighted by atomic mass is 10.0. The van der Waals surface area contributed by atoms with E-state index < -0.39 is 27.4 Å². The average molecular weight is 487 g/mol. The molecule has 2 aliphatic heterocycles. The number of allylic oxidation sites excluding steroid dienone is 3. The van der Waals surface area contributed by atoms with Gasteiger partial charge in [-0.15, -0.1) is 11.8 Å². The Labute approximate surface area is 200 Å². The number of hydrogen-bond donors (Lipinski definition) is 3. The van der Waals surface area contributed by atoms with E-state index in [4.69, 9.17) is 5.73 Å². The first-order chi connectivity index (χ1) is 15.8. The van der Waals surface area contributed by atoms with Crippen molar-refractivity contribution in [3.8, 4) is 0 Å². The number of likely N-dealkylation sites (N-methyl/N-ethyl adjacent to an activating group) is 1. The van der Waals surface area contributed by atoms with Crippen molar-refractivity contribution in [1.82, 2.24) is 10.3 Å². The maximum atomic E-state index is 14.3. The van der Waals surface area contributed by atoms with Crippen LogP contribution in [0.4, 0.5) is 14.5 Å². The van der Waals surface area contributed by atoms with Gasteiger partial charge in [0.2, 0.25) is 0 Å². The highest BCUT2D eigenvalue weighted by molar-refractivity contribution is 8.22. The van der Waals surface area contributed by atoms with Crippen molar-refractivity contribution in [1.29, 1.82) is 0 Å². The van der Waals surface area contributed by atoms with Gasteiger partial charge in [-0.25, -0.2) is 19.7 Å². The van der Waals surface area contributed by atoms with Gasteiger partial charge in [-0.05, 0) is 78.7 Å². The van der Waals surface area contributed by atoms with E-state index in [1.165, 1.54) is 23.1 Å². The predicted octanol–water partition coefficient (Wildman–Crippen LogP) is 5.12. The molecule has 0 aromatic heterocycles. The summed E-state index contributed by atoms with van der Waals surface area (Å²) in [5.74, 6) is -0.650. The molecule has 2 aromatic rings. The van der Waals surface area contributed by atoms with Crippen LogP contribution in [0.15, 0.2) is 81.7 Å². The molecule has 3 N–H and O–H groups in total. The number of anilines is 1. The topological polar surface area (TPSA) is 53.6 Å². The van der Waals surface area contributed by atoms with Crippen LogP contribution in [-0.2, 0) is 10.6 Å². The zero-order valence-corrected chi connectivity index (χ0v) is 20.6. The maximum Gasteiger partial charge on any atom is 0.144 e. The van der Waals surface area contributed by atoms with Gasteiger partial charge in [0.25, 0.3) is 0 Å². The standard InChI is InChI=1S/C25H28F2N4S2/c1-31(2)14-20-13-17(15-33(20)16-21-22(26)5-4-6-23(21)27)24-11-12-25(32-3,30-29-24)18-7-9-19(28)10-8-18/h4-13,15,30,33H,14,16,28H2,1-3H3. The normalized spacial score (nSPS) is 23.2. The van der Waals surface area contributed by atoms with E-state index in [2.05, 4.69) is 33.0 Å². The fourth-order valence-electron chi connectivity index (χ4n) is 3.85. The Balaban J connectivity index is 1.60. The number of hydrogen-bond acceptors (Lipinski definition) is 5. The first-order valence-corrected chi connectivity index (χ1v) is 13.4. The van der Waals surface area contributed by atoms with Crippen molar-refractivity contribution in [3.05, 3.63) is 99.3 Å². The minimum atomic E-state index is -0.873. The highest BCUT2D eigenvalue weighted by Gasteiger charge is 2.31. The minimum Gasteiger partial charge on any atom is -0.399 e. The number of nitrogens with zero attached hydrogens (tertiary/aromatic N) is 2. The van der Waals surface area contributed by atoms with E-state index in [0.29, 0.717) is 11.4 Å². The van der Waals surface area contributed by atoms with E-state index in [1.54, 1.807) is 11.8 Å². The predicted molar refractivity (Wildman–Crippen MR) is 140 cm³/mol. The zero-order valence-electron chi connectivity index (χ0n) is 18.8. The van der Waals surface area contributed by atoms with Crippen molar-refractivity contribution in [2.24, 2.45) is 5.10 Å². The number of nitrogen functional groups attached to an aromatic ring is 1. The highest BCUT2D eigenvalue weighted by Crippen LogP contribution is 2.48. The van der Waals surface area contributed by atoms with Crippen molar-refractivity contribution in [2.75, 3.05) is 32.6 Å². The van der Waals surface area contributed by atoms with Gasteiger partial charge in [0.15, 0.2) is 0 Å². The number of hydrazone groups is 1. The third kappa shape index (κ3) is 5.03. The van der Waals surface area contributed by atoms with Crippen molar-refractivity contribution in [2.45, 2.75) is 10.6 Å². The maximum absolute atomic E-state index is 14.3. The molecule has 0 amide bonds. The summed E-state index contributed by atoms with van der Waals surface area (Å²) in [5, 5.41) is 6.81. The number of rotatable bonds is 7. The van der Waals surface area contributed by atoms with Gasteiger partial charge in [-0.1, -0.05) is 18.2 Å². The van der Waals surface area contributed by atoms with Crippen LogP contribution in [0.25, 0.3) is 0 Å². The molecule has 0 saturated carbocycles. The second-order valence-electron chi connectivity index (χ2n) is 8.29. The Morgan fingerprint density at radius 2 is 1.82 bits per heavy atom. The Hall–Kier alpha value is -2.55. The molecule has 2 aliphatic rings. The summed E-state index contributed by atoms with van der Waals surface area (Å²) in [6.07, 6.45) is 8.26. The van der Waals surface area contributed by atoms with Gasteiger partial charge < -0.3 is 10.6 Å². The zero-order chi connectivity index (χ0) is 23.6. The molecule has 33 heavy (non-hydrogen) atoms. The summed E-state index contributed by atoms with van der Waals surface area (Å²) in [7, 11) is 3.12. The largest absolute Gasteiger partial charge is 0.399 e. The van der Waals surface area contributed by atoms with Crippen LogP contribution in [0.1, 0.15) is 11.1 Å². The molecule has 2 heterocycles. The Bertz CT molecular complexity index is 1140. The fourth-order valence-corrected chi connectivity index (χ4v) is 6.98. The molecule has 0 bridgehead atoms. The summed E-state index contributed by atoms with van der Waals surface area (Å²) in [5.41, 5.74) is 12.9. The molecule has 2 atom stereocenters. The lowest BCUT2D eigenvalue weighted by Gasteiger charge is -2.32. The minimum absolute atomic E-state index is 0.148. The highest BCUT2D eigenvalue weighted by atomic mass is 32.2. The molecule has 0 saturated heterocycles. The lowest BCUT2D eigenvalue weighted by molar-refractivity contribution is 0.453. The summed E-state index contributed by atoms with van der Waals surface area (Å²) in [6, 6.07) is 11.8. The third-order valence-corrected chi connectivity index (χ3v) is 8.99. The number of halogens is 2. The van der Waals surface area contributed by atoms with Crippen LogP contribution in [0.2, 0.25) is 0 Å². The van der Waals surface area contributed by atoms with Crippen LogP contribution in [0, 0.1) is 11.6 Å². The Morgan fingerprint density at radius 1 is 1.12 bits per heavy atom. The van der Waals surface area contributed by atoms with Crippen molar-refractivity contribution in [3.63, 3.8) is 0 Å². The summed E-state index contributed by atoms with van der Waals surface area (Å²) >= 11 is 1.64. The number of thioether (sulfide) groups is 1. The molecule has 2 unspecified atom stereocenters. The lowest BCUT2D eigenvalue weighted by Crippen LogP contribution is -2.37. The SMILES string of the molecule is CSC1(c2ccc(N)cc2)C=CC(C2=C[SH](Cc3c(F)cccc3F)C(CN(C)C)=C2)=NN1. The second-order valence-corrected chi connectivity index (χ2v) is 11.4. The van der Waals surface area contributed by atoms with E-state index in [0.717, 1.165) is 23.4 Å². The molecular formula is C25H28F2N4S2. The first kappa shape index (κ1) is 23.6. The number of thiol groups is 1. The van der Waals surface area contributed by atoms with E-state index >= 15 is 0 Å². The number of benzene rings is 2. The number of nitrogens with one attached hydrogen (secondary N) is 1. The Morgan fingerprint density at radius 3 is 2.39 bits per heavy atom. The third-order valence-electron chi connectivity index (χ3n) is 5.63. The van der Waals surface area contributed by atoms with Crippen molar-refractivity contribution < 1.29 is 8.78 Å². The van der Waals surface area contributed by atoms with Crippen LogP contribution in [-0.4, -0.2) is 37.5 Å². The second kappa shape index (κ2) is 9.75. The molecule has 8 heteroatoms. The molecule has 2 aromatic carbocycles. The molecule has 0 aliphatic carbocycles. The quantitative estimate of drug-likeness (QED) is 0.376. The van der Waals surface area contributed by atoms with E-state index in [1.807, 2.05) is 50.7 Å². The molecule has 0 radical (unpaired) electrons. The van der Waals surface area contributed by atoms with Gasteiger partial charge in [-0.3, -0.25) is 5.43 Å². The molecule has 0 fully saturated rings. The van der Waals surface area contributed by atoms with Gasteiger partial charge in [0.1, 0.15) is 16.5 Å². The van der Waals surface area contributed by atoms with Gasteiger partial charge >= 0.3 is 0 Å². The smallest absolute Gasteiger partial charge is 0.144 e. The monoisotopic (exact) mass is 486 g/mol. The number of nitrogens with two attached hydrogens (primary N) is 1. The average Bonchev–Trinajstić information content (AvgIpc) is 3.18. The van der Waals surface area contributed by atoms with E-state index in [-0.39, 0.29) is 5.56 Å². The van der Waals surface area contributed by atoms with Crippen molar-refractivity contribution >= 4 is 34.1 Å². The van der Waals surface area contributed by atoms with Crippen LogP contribution in [0.5, 0.6) is 0 Å². The summed E-state index contributed by atoms with van der Waals surface area (Å²) in [6.45, 7) is 0.729. The summed E-state index contributed by atoms with van der Waals surface area (Å²) < 4.78 is 28.6. The Kier molecular flexibility index (Phi) is 6.97. The summed E-state index contributed by atoms with van der Waals surface area (Å²) in [4.78, 5) is 2.77. The van der Waals surface area contributed by atoms with Gasteiger partial charge in [0.05, 0.1) is 5.71 Å². The first-order valence-electron chi connectivity index (χ1n) is 10.5. The molecule has 4 rings (SSSR count). The van der Waals surface area contributed by atoms with Crippen LogP contribution >= 0.6 is 22.7 Å². The fraction of sp³-hybridized carbons (Fsp3) is 0.240. The van der Waals surface area contributed by atoms with Gasteiger partial charge in [0, 0.05) is 29.1 Å². The molecule has 0 spiro atoms. The molecule has 4 nitrogen and oxygen atoms in total. The molecule has 174 valence electrons.